The van der Waals surface area contributed by atoms with Crippen molar-refractivity contribution in [1.29, 1.82) is 0 Å². The zero-order chi connectivity index (χ0) is 18.2. The smallest absolute Gasteiger partial charge is 0.143 e. The molecule has 0 atom stereocenters. The van der Waals surface area contributed by atoms with E-state index in [0.29, 0.717) is 0 Å². The molecule has 3 aromatic rings. The van der Waals surface area contributed by atoms with Crippen molar-refractivity contribution in [3.63, 3.8) is 0 Å². The Balaban J connectivity index is 1.27. The Morgan fingerprint density at radius 2 is 1.81 bits per heavy atom. The molecule has 2 aliphatic rings. The quantitative estimate of drug-likeness (QED) is 0.753. The number of H-pyrrole nitrogens is 1. The Bertz CT molecular complexity index is 923. The van der Waals surface area contributed by atoms with Crippen LogP contribution < -0.4 is 4.90 Å². The monoisotopic (exact) mass is 365 g/mol. The molecule has 6 heteroatoms. The van der Waals surface area contributed by atoms with Crippen LogP contribution >= 0.6 is 0 Å². The molecule has 2 fully saturated rings. The van der Waals surface area contributed by atoms with E-state index >= 15 is 0 Å². The fraction of sp³-hybridized carbons (Fsp3) is 0.429. The molecule has 140 valence electrons. The van der Waals surface area contributed by atoms with Gasteiger partial charge in [-0.25, -0.2) is 14.4 Å². The lowest BCUT2D eigenvalue weighted by atomic mass is 10.2. The van der Waals surface area contributed by atoms with Gasteiger partial charge in [-0.05, 0) is 48.9 Å². The average molecular weight is 365 g/mol. The molecule has 5 rings (SSSR count). The number of piperazine rings is 1. The largest absolute Gasteiger partial charge is 0.353 e. The minimum absolute atomic E-state index is 0.177. The maximum Gasteiger partial charge on any atom is 0.143 e. The third-order valence-electron chi connectivity index (χ3n) is 5.66. The normalized spacial score (nSPS) is 18.3. The molecule has 1 aromatic carbocycles. The molecule has 1 saturated carbocycles. The van der Waals surface area contributed by atoms with E-state index in [-0.39, 0.29) is 5.82 Å². The molecule has 1 aliphatic carbocycles. The lowest BCUT2D eigenvalue weighted by Gasteiger charge is -2.35. The van der Waals surface area contributed by atoms with Crippen molar-refractivity contribution in [1.82, 2.24) is 19.9 Å². The number of hydrogen-bond acceptors (Lipinski definition) is 4. The van der Waals surface area contributed by atoms with Gasteiger partial charge in [-0.2, -0.15) is 0 Å². The summed E-state index contributed by atoms with van der Waals surface area (Å²) in [5.41, 5.74) is 3.39. The molecular weight excluding hydrogens is 341 g/mol. The molecule has 3 heterocycles. The third-order valence-corrected chi connectivity index (χ3v) is 5.66. The van der Waals surface area contributed by atoms with Crippen molar-refractivity contribution in [2.24, 2.45) is 5.92 Å². The first-order valence-electron chi connectivity index (χ1n) is 9.79. The number of nitrogens with one attached hydrogen (secondary N) is 1. The Hall–Kier alpha value is -2.47. The molecule has 0 radical (unpaired) electrons. The second kappa shape index (κ2) is 6.93. The lowest BCUT2D eigenvalue weighted by Crippen LogP contribution is -2.46. The topological polar surface area (TPSA) is 48.1 Å². The van der Waals surface area contributed by atoms with Gasteiger partial charge in [0.2, 0.25) is 0 Å². The summed E-state index contributed by atoms with van der Waals surface area (Å²) in [7, 11) is 0. The molecular formula is C21H24FN5. The molecule has 1 saturated heterocycles. The SMILES string of the molecule is Fc1ccc(CN2CCN(c3ncnc4[nH]c(CC5CC5)cc34)CC2)cc1. The van der Waals surface area contributed by atoms with E-state index in [1.807, 2.05) is 12.1 Å². The van der Waals surface area contributed by atoms with Gasteiger partial charge in [0, 0.05) is 38.4 Å². The zero-order valence-electron chi connectivity index (χ0n) is 15.4. The van der Waals surface area contributed by atoms with Crippen LogP contribution in [0.3, 0.4) is 0 Å². The molecule has 0 amide bonds. The van der Waals surface area contributed by atoms with Gasteiger partial charge in [0.15, 0.2) is 0 Å². The van der Waals surface area contributed by atoms with Crippen LogP contribution in [0.4, 0.5) is 10.2 Å². The first-order valence-corrected chi connectivity index (χ1v) is 9.79. The van der Waals surface area contributed by atoms with Gasteiger partial charge in [0.1, 0.15) is 23.6 Å². The van der Waals surface area contributed by atoms with Gasteiger partial charge < -0.3 is 9.88 Å². The fourth-order valence-electron chi connectivity index (χ4n) is 3.94. The van der Waals surface area contributed by atoms with Crippen molar-refractivity contribution in [3.8, 4) is 0 Å². The number of hydrogen-bond donors (Lipinski definition) is 1. The Morgan fingerprint density at radius 1 is 1.04 bits per heavy atom. The van der Waals surface area contributed by atoms with Crippen LogP contribution in [-0.4, -0.2) is 46.0 Å². The average Bonchev–Trinajstić information content (AvgIpc) is 3.40. The first-order chi connectivity index (χ1) is 13.2. The number of rotatable bonds is 5. The molecule has 5 nitrogen and oxygen atoms in total. The highest BCUT2D eigenvalue weighted by atomic mass is 19.1. The highest BCUT2D eigenvalue weighted by molar-refractivity contribution is 5.88. The van der Waals surface area contributed by atoms with E-state index in [4.69, 9.17) is 0 Å². The molecule has 0 unspecified atom stereocenters. The lowest BCUT2D eigenvalue weighted by molar-refractivity contribution is 0.249. The number of aromatic nitrogens is 3. The van der Waals surface area contributed by atoms with Crippen molar-refractivity contribution in [3.05, 3.63) is 53.7 Å². The maximum absolute atomic E-state index is 13.1. The van der Waals surface area contributed by atoms with E-state index < -0.39 is 0 Å². The molecule has 1 aliphatic heterocycles. The number of halogens is 1. The highest BCUT2D eigenvalue weighted by Gasteiger charge is 2.24. The summed E-state index contributed by atoms with van der Waals surface area (Å²) in [6, 6.07) is 9.06. The van der Waals surface area contributed by atoms with Crippen molar-refractivity contribution in [2.45, 2.75) is 25.8 Å². The van der Waals surface area contributed by atoms with Gasteiger partial charge in [-0.3, -0.25) is 4.90 Å². The zero-order valence-corrected chi connectivity index (χ0v) is 15.4. The molecule has 0 bridgehead atoms. The van der Waals surface area contributed by atoms with E-state index in [1.54, 1.807) is 6.33 Å². The van der Waals surface area contributed by atoms with Gasteiger partial charge >= 0.3 is 0 Å². The molecule has 2 aromatic heterocycles. The number of anilines is 1. The van der Waals surface area contributed by atoms with Crippen molar-refractivity contribution < 1.29 is 4.39 Å². The van der Waals surface area contributed by atoms with Crippen molar-refractivity contribution in [2.75, 3.05) is 31.1 Å². The van der Waals surface area contributed by atoms with E-state index in [9.17, 15) is 4.39 Å². The molecule has 27 heavy (non-hydrogen) atoms. The van der Waals surface area contributed by atoms with Gasteiger partial charge in [-0.1, -0.05) is 12.1 Å². The summed E-state index contributed by atoms with van der Waals surface area (Å²) >= 11 is 0. The maximum atomic E-state index is 13.1. The number of aromatic amines is 1. The fourth-order valence-corrected chi connectivity index (χ4v) is 3.94. The van der Waals surface area contributed by atoms with Crippen LogP contribution in [0.2, 0.25) is 0 Å². The van der Waals surface area contributed by atoms with Gasteiger partial charge in [0.25, 0.3) is 0 Å². The third kappa shape index (κ3) is 3.67. The molecule has 1 N–H and O–H groups in total. The predicted octanol–water partition coefficient (Wildman–Crippen LogP) is 3.37. The van der Waals surface area contributed by atoms with Crippen LogP contribution in [0.15, 0.2) is 36.7 Å². The van der Waals surface area contributed by atoms with E-state index in [2.05, 4.69) is 30.8 Å². The van der Waals surface area contributed by atoms with E-state index in [0.717, 1.165) is 67.5 Å². The van der Waals surface area contributed by atoms with E-state index in [1.165, 1.54) is 30.7 Å². The molecule has 0 spiro atoms. The van der Waals surface area contributed by atoms with Crippen molar-refractivity contribution >= 4 is 16.9 Å². The number of fused-ring (bicyclic) bond motifs is 1. The first kappa shape index (κ1) is 16.7. The summed E-state index contributed by atoms with van der Waals surface area (Å²) in [4.78, 5) is 17.3. The summed E-state index contributed by atoms with van der Waals surface area (Å²) in [6.07, 6.45) is 5.50. The Labute approximate surface area is 158 Å². The summed E-state index contributed by atoms with van der Waals surface area (Å²) in [5, 5.41) is 1.14. The van der Waals surface area contributed by atoms with Crippen LogP contribution in [0.5, 0.6) is 0 Å². The van der Waals surface area contributed by atoms with Crippen LogP contribution in [0.25, 0.3) is 11.0 Å². The van der Waals surface area contributed by atoms with Crippen LogP contribution in [-0.2, 0) is 13.0 Å². The Kier molecular flexibility index (Phi) is 4.28. The highest BCUT2D eigenvalue weighted by Crippen LogP contribution is 2.34. The minimum atomic E-state index is -0.177. The second-order valence-corrected chi connectivity index (χ2v) is 7.79. The summed E-state index contributed by atoms with van der Waals surface area (Å²) < 4.78 is 13.1. The van der Waals surface area contributed by atoms with Gasteiger partial charge in [-0.15, -0.1) is 0 Å². The van der Waals surface area contributed by atoms with Gasteiger partial charge in [0.05, 0.1) is 5.39 Å². The Morgan fingerprint density at radius 3 is 2.56 bits per heavy atom. The number of nitrogens with zero attached hydrogens (tertiary/aromatic N) is 4. The standard InChI is InChI=1S/C21H24FN5/c22-17-5-3-16(4-6-17)13-26-7-9-27(10-8-26)21-19-12-18(11-15-1-2-15)25-20(19)23-14-24-21/h3-6,12,14-15H,1-2,7-11,13H2,(H,23,24,25). The van der Waals surface area contributed by atoms with Crippen LogP contribution in [0.1, 0.15) is 24.1 Å². The number of benzene rings is 1. The summed E-state index contributed by atoms with van der Waals surface area (Å²) in [6.45, 7) is 4.69. The second-order valence-electron chi connectivity index (χ2n) is 7.79. The predicted molar refractivity (Wildman–Crippen MR) is 104 cm³/mol. The summed E-state index contributed by atoms with van der Waals surface area (Å²) in [5.74, 6) is 1.72. The van der Waals surface area contributed by atoms with Crippen LogP contribution in [0, 0.1) is 11.7 Å². The minimum Gasteiger partial charge on any atom is -0.353 e.